The third kappa shape index (κ3) is 5.97. The molecule has 3 aromatic rings. The number of halogens is 1. The molecule has 0 atom stereocenters. The fourth-order valence-corrected chi connectivity index (χ4v) is 4.34. The molecule has 0 spiro atoms. The first-order valence-corrected chi connectivity index (χ1v) is 11.4. The van der Waals surface area contributed by atoms with Crippen molar-refractivity contribution in [3.05, 3.63) is 94.6 Å². The van der Waals surface area contributed by atoms with Gasteiger partial charge >= 0.3 is 0 Å². The number of ether oxygens (including phenoxy) is 1. The Morgan fingerprint density at radius 2 is 1.82 bits per heavy atom. The number of nitrogens with zero attached hydrogens (tertiary/aromatic N) is 3. The van der Waals surface area contributed by atoms with Gasteiger partial charge in [-0.1, -0.05) is 18.2 Å². The number of nitriles is 1. The Morgan fingerprint density at radius 1 is 1.12 bits per heavy atom. The molecular weight excluding hydrogens is 431 g/mol. The number of amides is 1. The zero-order chi connectivity index (χ0) is 23.9. The van der Waals surface area contributed by atoms with Crippen LogP contribution in [0.15, 0.2) is 60.8 Å². The zero-order valence-corrected chi connectivity index (χ0v) is 18.9. The fourth-order valence-electron chi connectivity index (χ4n) is 4.34. The minimum Gasteiger partial charge on any atom is -0.493 e. The lowest BCUT2D eigenvalue weighted by atomic mass is 9.87. The number of rotatable bonds is 8. The maximum Gasteiger partial charge on any atom is 0.267 e. The number of primary amides is 1. The first kappa shape index (κ1) is 23.4. The van der Waals surface area contributed by atoms with Gasteiger partial charge in [-0.15, -0.1) is 0 Å². The molecule has 2 heterocycles. The molecule has 34 heavy (non-hydrogen) atoms. The molecule has 174 valence electrons. The van der Waals surface area contributed by atoms with Crippen molar-refractivity contribution >= 4 is 5.91 Å². The molecule has 0 saturated carbocycles. The highest BCUT2D eigenvalue weighted by Crippen LogP contribution is 2.31. The van der Waals surface area contributed by atoms with Crippen LogP contribution in [0.2, 0.25) is 0 Å². The number of piperidine rings is 1. The molecule has 1 aromatic heterocycles. The Hall–Kier alpha value is -3.76. The third-order valence-electron chi connectivity index (χ3n) is 6.20. The fraction of sp³-hybridized carbons (Fsp3) is 0.296. The van der Waals surface area contributed by atoms with E-state index in [0.717, 1.165) is 43.6 Å². The van der Waals surface area contributed by atoms with Crippen molar-refractivity contribution < 1.29 is 13.9 Å². The van der Waals surface area contributed by atoms with Gasteiger partial charge in [-0.25, -0.2) is 4.39 Å². The van der Waals surface area contributed by atoms with E-state index < -0.39 is 5.91 Å². The van der Waals surface area contributed by atoms with E-state index in [9.17, 15) is 9.18 Å². The molecule has 1 aliphatic rings. The smallest absolute Gasteiger partial charge is 0.267 e. The Bertz CT molecular complexity index is 1160. The van der Waals surface area contributed by atoms with E-state index >= 15 is 0 Å². The molecule has 6 nitrogen and oxygen atoms in total. The summed E-state index contributed by atoms with van der Waals surface area (Å²) >= 11 is 0. The van der Waals surface area contributed by atoms with Crippen LogP contribution in [0.4, 0.5) is 4.39 Å². The van der Waals surface area contributed by atoms with Crippen LogP contribution in [0, 0.1) is 17.1 Å². The molecule has 0 unspecified atom stereocenters. The number of hydrogen-bond acceptors (Lipinski definition) is 5. The van der Waals surface area contributed by atoms with Crippen LogP contribution in [-0.4, -0.2) is 35.5 Å². The van der Waals surface area contributed by atoms with Gasteiger partial charge in [0.15, 0.2) is 0 Å². The van der Waals surface area contributed by atoms with Crippen LogP contribution in [0.3, 0.4) is 0 Å². The van der Waals surface area contributed by atoms with Gasteiger partial charge in [-0.05, 0) is 84.9 Å². The number of hydrogen-bond donors (Lipinski definition) is 1. The first-order valence-electron chi connectivity index (χ1n) is 11.4. The van der Waals surface area contributed by atoms with Crippen molar-refractivity contribution in [3.63, 3.8) is 0 Å². The minimum absolute atomic E-state index is 0.213. The van der Waals surface area contributed by atoms with Crippen LogP contribution < -0.4 is 10.5 Å². The second kappa shape index (κ2) is 10.9. The van der Waals surface area contributed by atoms with Crippen molar-refractivity contribution in [1.29, 1.82) is 5.26 Å². The SMILES string of the molecule is N#Cc1ccc(CN2CCC(c3cc(CCOc4ccc(F)cc4)cnc3C(N)=O)CC2)cc1. The van der Waals surface area contributed by atoms with E-state index in [2.05, 4.69) is 16.0 Å². The maximum absolute atomic E-state index is 13.0. The third-order valence-corrected chi connectivity index (χ3v) is 6.20. The summed E-state index contributed by atoms with van der Waals surface area (Å²) in [6, 6.07) is 17.8. The number of carbonyl (C=O) groups excluding carboxylic acids is 1. The summed E-state index contributed by atoms with van der Waals surface area (Å²) in [4.78, 5) is 18.8. The van der Waals surface area contributed by atoms with E-state index in [4.69, 9.17) is 15.7 Å². The largest absolute Gasteiger partial charge is 0.493 e. The Morgan fingerprint density at radius 3 is 2.47 bits per heavy atom. The normalized spacial score (nSPS) is 14.5. The van der Waals surface area contributed by atoms with E-state index in [1.54, 1.807) is 18.3 Å². The summed E-state index contributed by atoms with van der Waals surface area (Å²) in [7, 11) is 0. The zero-order valence-electron chi connectivity index (χ0n) is 18.9. The summed E-state index contributed by atoms with van der Waals surface area (Å²) < 4.78 is 18.7. The van der Waals surface area contributed by atoms with Crippen molar-refractivity contribution in [1.82, 2.24) is 9.88 Å². The van der Waals surface area contributed by atoms with Gasteiger partial charge in [-0.3, -0.25) is 14.7 Å². The topological polar surface area (TPSA) is 92.2 Å². The van der Waals surface area contributed by atoms with Gasteiger partial charge in [0, 0.05) is 19.2 Å². The van der Waals surface area contributed by atoms with E-state index in [1.807, 2.05) is 30.3 Å². The highest BCUT2D eigenvalue weighted by molar-refractivity contribution is 5.92. The summed E-state index contributed by atoms with van der Waals surface area (Å²) in [5.41, 5.74) is 9.69. The van der Waals surface area contributed by atoms with Crippen LogP contribution in [0.25, 0.3) is 0 Å². The molecule has 1 aliphatic heterocycles. The standard InChI is InChI=1S/C27H27FN4O2/c28-23-5-7-24(8-6-23)34-14-11-21-15-25(26(27(30)33)31-17-21)22-9-12-32(13-10-22)18-20-3-1-19(16-29)2-4-20/h1-8,15,17,22H,9-14,18H2,(H2,30,33). The molecule has 7 heteroatoms. The number of likely N-dealkylation sites (tertiary alicyclic amines) is 1. The minimum atomic E-state index is -0.510. The molecule has 2 N–H and O–H groups in total. The van der Waals surface area contributed by atoms with Crippen molar-refractivity contribution in [2.24, 2.45) is 5.73 Å². The number of benzene rings is 2. The highest BCUT2D eigenvalue weighted by Gasteiger charge is 2.25. The van der Waals surface area contributed by atoms with Gasteiger partial charge in [0.05, 0.1) is 18.2 Å². The maximum atomic E-state index is 13.0. The second-order valence-corrected chi connectivity index (χ2v) is 8.56. The van der Waals surface area contributed by atoms with Crippen LogP contribution in [-0.2, 0) is 13.0 Å². The van der Waals surface area contributed by atoms with Gasteiger partial charge in [0.2, 0.25) is 0 Å². The predicted octanol–water partition coefficient (Wildman–Crippen LogP) is 4.19. The van der Waals surface area contributed by atoms with Gasteiger partial charge in [0.1, 0.15) is 17.3 Å². The van der Waals surface area contributed by atoms with Crippen LogP contribution in [0.5, 0.6) is 5.75 Å². The average molecular weight is 459 g/mol. The van der Waals surface area contributed by atoms with Crippen molar-refractivity contribution in [3.8, 4) is 11.8 Å². The van der Waals surface area contributed by atoms with Gasteiger partial charge in [-0.2, -0.15) is 5.26 Å². The van der Waals surface area contributed by atoms with E-state index in [1.165, 1.54) is 17.7 Å². The molecule has 0 aliphatic carbocycles. The van der Waals surface area contributed by atoms with Gasteiger partial charge in [0.25, 0.3) is 5.91 Å². The monoisotopic (exact) mass is 458 g/mol. The van der Waals surface area contributed by atoms with Gasteiger partial charge < -0.3 is 10.5 Å². The quantitative estimate of drug-likeness (QED) is 0.546. The van der Waals surface area contributed by atoms with Crippen molar-refractivity contribution in [2.75, 3.05) is 19.7 Å². The summed E-state index contributed by atoms with van der Waals surface area (Å²) in [6.07, 6.45) is 4.12. The lowest BCUT2D eigenvalue weighted by Crippen LogP contribution is -2.33. The van der Waals surface area contributed by atoms with Crippen LogP contribution in [0.1, 0.15) is 51.5 Å². The number of pyridine rings is 1. The number of aromatic nitrogens is 1. The van der Waals surface area contributed by atoms with E-state index in [-0.39, 0.29) is 11.7 Å². The summed E-state index contributed by atoms with van der Waals surface area (Å²) in [5, 5.41) is 8.96. The molecule has 2 aromatic carbocycles. The van der Waals surface area contributed by atoms with Crippen molar-refractivity contribution in [2.45, 2.75) is 31.7 Å². The number of nitrogens with two attached hydrogens (primary N) is 1. The molecule has 1 fully saturated rings. The summed E-state index contributed by atoms with van der Waals surface area (Å²) in [6.45, 7) is 3.06. The molecule has 0 bridgehead atoms. The van der Waals surface area contributed by atoms with Crippen LogP contribution >= 0.6 is 0 Å². The van der Waals surface area contributed by atoms with E-state index in [0.29, 0.717) is 30.0 Å². The molecule has 4 rings (SSSR count). The Kier molecular flexibility index (Phi) is 7.51. The molecule has 1 saturated heterocycles. The molecule has 1 amide bonds. The lowest BCUT2D eigenvalue weighted by molar-refractivity contribution is 0.0993. The lowest BCUT2D eigenvalue weighted by Gasteiger charge is -2.32. The highest BCUT2D eigenvalue weighted by atomic mass is 19.1. The summed E-state index contributed by atoms with van der Waals surface area (Å²) in [5.74, 6) is 0.0125. The number of carbonyl (C=O) groups is 1. The Balaban J connectivity index is 1.37. The predicted molar refractivity (Wildman–Crippen MR) is 127 cm³/mol. The molecular formula is C27H27FN4O2. The average Bonchev–Trinajstić information content (AvgIpc) is 2.86. The first-order chi connectivity index (χ1) is 16.5. The molecule has 0 radical (unpaired) electrons. The second-order valence-electron chi connectivity index (χ2n) is 8.56. The Labute approximate surface area is 198 Å².